The molecule has 0 aliphatic heterocycles. The molecule has 0 N–H and O–H groups in total. The first kappa shape index (κ1) is 98.4. The summed E-state index contributed by atoms with van der Waals surface area (Å²) in [4.78, 5) is 0. The van der Waals surface area contributed by atoms with E-state index in [9.17, 15) is 0 Å². The summed E-state index contributed by atoms with van der Waals surface area (Å²) in [6, 6.07) is 0. The molecule has 0 nitrogen and oxygen atoms in total. The molecule has 8 aromatic carbocycles. The highest BCUT2D eigenvalue weighted by molar-refractivity contribution is 7.89. The van der Waals surface area contributed by atoms with Crippen LogP contribution < -0.4 is 38.2 Å². The predicted octanol–water partition coefficient (Wildman–Crippen LogP) is -3.72. The molecule has 33 heteroatoms. The van der Waals surface area contributed by atoms with E-state index in [1.54, 1.807) is 20.8 Å². The van der Waals surface area contributed by atoms with Gasteiger partial charge in [0.15, 0.2) is 0 Å². The van der Waals surface area contributed by atoms with Gasteiger partial charge in [-0.3, -0.25) is 0 Å². The van der Waals surface area contributed by atoms with Crippen molar-refractivity contribution in [3.05, 3.63) is 94.6 Å². The van der Waals surface area contributed by atoms with E-state index in [1.165, 1.54) is 28.4 Å². The van der Waals surface area contributed by atoms with Crippen molar-refractivity contribution in [3.8, 4) is 273 Å². The second kappa shape index (κ2) is 44.5. The van der Waals surface area contributed by atoms with Crippen molar-refractivity contribution >= 4 is 331 Å². The summed E-state index contributed by atoms with van der Waals surface area (Å²) in [6.07, 6.45) is 21.7. The molecule has 0 unspecified atom stereocenters. The van der Waals surface area contributed by atoms with Crippen molar-refractivity contribution in [1.29, 1.82) is 0 Å². The highest BCUT2D eigenvalue weighted by Gasteiger charge is 2.43. The predicted molar refractivity (Wildman–Crippen MR) is 573 cm³/mol. The van der Waals surface area contributed by atoms with Crippen LogP contribution in [0.2, 0.25) is 0 Å². The quantitative estimate of drug-likeness (QED) is 0.0382. The van der Waals surface area contributed by atoms with E-state index in [2.05, 4.69) is 247 Å². The van der Waals surface area contributed by atoms with Gasteiger partial charge in [-0.2, -0.15) is 0 Å². The summed E-state index contributed by atoms with van der Waals surface area (Å²) >= 11 is 0. The van der Waals surface area contributed by atoms with Crippen LogP contribution in [0.5, 0.6) is 0 Å². The molecule has 0 amide bonds. The molecule has 0 aliphatic carbocycles. The zero-order valence-electron chi connectivity index (χ0n) is 71.4. The summed E-state index contributed by atoms with van der Waals surface area (Å²) in [6.45, 7) is 16.3. The Balaban J connectivity index is 2.14. The van der Waals surface area contributed by atoms with Gasteiger partial charge in [0.2, 0.25) is 0 Å². The molecular formula is C92H41B33. The lowest BCUT2D eigenvalue weighted by atomic mass is 8.66. The third-order valence-corrected chi connectivity index (χ3v) is 22.1. The number of terminal acetylenes is 5. The van der Waals surface area contributed by atoms with Crippen LogP contribution in [0.3, 0.4) is 0 Å². The Morgan fingerprint density at radius 3 is 1.12 bits per heavy atom. The Labute approximate surface area is 775 Å². The minimum Gasteiger partial charge on any atom is -0.115 e. The van der Waals surface area contributed by atoms with Crippen molar-refractivity contribution < 1.29 is 0 Å². The van der Waals surface area contributed by atoms with Gasteiger partial charge < -0.3 is 0 Å². The van der Waals surface area contributed by atoms with Gasteiger partial charge >= 0.3 is 0 Å². The van der Waals surface area contributed by atoms with Crippen LogP contribution in [0.25, 0.3) is 76.1 Å². The first-order valence-electron chi connectivity index (χ1n) is 38.6. The number of aryl methyl sites for hydroxylation is 5. The minimum atomic E-state index is -1.47. The van der Waals surface area contributed by atoms with Crippen LogP contribution >= 0.6 is 0 Å². The van der Waals surface area contributed by atoms with Crippen molar-refractivity contribution in [1.82, 2.24) is 0 Å². The number of hydrogen-bond donors (Lipinski definition) is 0. The van der Waals surface area contributed by atoms with Gasteiger partial charge in [0, 0.05) is 229 Å². The molecule has 0 atom stereocenters. The Bertz CT molecular complexity index is 7390. The van der Waals surface area contributed by atoms with E-state index >= 15 is 0 Å². The average molecular weight is 1500 g/mol. The fraction of sp³-hybridized carbons (Fsp3) is 0.130. The average Bonchev–Trinajstić information content (AvgIpc) is 0.683. The number of rotatable bonds is 17. The molecule has 8 aromatic rings. The van der Waals surface area contributed by atoms with Gasteiger partial charge in [-0.05, 0) is 336 Å². The molecule has 0 saturated carbocycles. The third kappa shape index (κ3) is 19.3. The Hall–Kier alpha value is -12.0. The van der Waals surface area contributed by atoms with Crippen LogP contribution in [0.15, 0.2) is 0 Å². The van der Waals surface area contributed by atoms with Crippen molar-refractivity contribution in [2.45, 2.75) is 83.1 Å². The topological polar surface area (TPSA) is 0 Å². The number of hydrogen-bond acceptors (Lipinski definition) is 0. The van der Waals surface area contributed by atoms with Crippen LogP contribution in [-0.2, 0) is 0 Å². The SMILES string of the molecule is [B][B]B([B])B(B([B])[B])c1c(B(B([B])[B])B([B])[B])c(B([B][B])B([B])[B])c(B([B])B([B])[B])c2c(B([B])[B][B])c(-c3c(C)c(C)c(C)c4c(-c5c(C#CC#CC#CC#CC#C)c6c(C)c(C#C)c(C#CC)c(C#CC#C)c6c6c(C#CC#CC)c(C#CC#CC#C)c(C#CC#CC#CC)c(C#CC#CC#CC#C)c56)c5c(C)c(C)c(C)c(C)c5c(C)c34)c([B][B])c([B])c12. The van der Waals surface area contributed by atoms with Gasteiger partial charge in [-0.25, -0.2) is 0 Å². The van der Waals surface area contributed by atoms with Crippen molar-refractivity contribution in [2.75, 3.05) is 0 Å². The largest absolute Gasteiger partial charge is 0.115 e. The molecule has 0 bridgehead atoms. The first-order chi connectivity index (χ1) is 59.8. The Morgan fingerprint density at radius 2 is 0.672 bits per heavy atom. The van der Waals surface area contributed by atoms with Gasteiger partial charge in [0.05, 0.1) is 73.0 Å². The monoisotopic (exact) mass is 1510 g/mol. The van der Waals surface area contributed by atoms with Gasteiger partial charge in [0.25, 0.3) is 0 Å². The second-order valence-electron chi connectivity index (χ2n) is 28.7. The minimum absolute atomic E-state index is 0.0600. The maximum absolute atomic E-state index is 8.19. The molecule has 125 heavy (non-hydrogen) atoms. The number of benzene rings is 8. The van der Waals surface area contributed by atoms with Crippen LogP contribution in [0, 0.1) is 313 Å². The summed E-state index contributed by atoms with van der Waals surface area (Å²) in [7, 11) is 133. The first-order valence-corrected chi connectivity index (χ1v) is 38.6. The molecule has 508 valence electrons. The van der Waals surface area contributed by atoms with Gasteiger partial charge in [0.1, 0.15) is 7.85 Å². The van der Waals surface area contributed by atoms with Crippen molar-refractivity contribution in [3.63, 3.8) is 0 Å². The lowest BCUT2D eigenvalue weighted by Gasteiger charge is -2.42. The Morgan fingerprint density at radius 1 is 0.264 bits per heavy atom. The zero-order chi connectivity index (χ0) is 92.3. The van der Waals surface area contributed by atoms with Gasteiger partial charge in [-0.1, -0.05) is 86.5 Å². The molecule has 0 aromatic heterocycles. The fourth-order valence-corrected chi connectivity index (χ4v) is 16.5. The van der Waals surface area contributed by atoms with E-state index in [0.717, 1.165) is 38.8 Å². The maximum Gasteiger partial charge on any atom is 0.113 e. The highest BCUT2D eigenvalue weighted by Crippen LogP contribution is 2.55. The maximum atomic E-state index is 8.19. The van der Waals surface area contributed by atoms with E-state index < -0.39 is 70.8 Å². The molecule has 8 rings (SSSR count). The fourth-order valence-electron chi connectivity index (χ4n) is 16.5. The zero-order valence-corrected chi connectivity index (χ0v) is 71.4. The van der Waals surface area contributed by atoms with E-state index in [0.29, 0.717) is 87.8 Å². The molecule has 0 spiro atoms. The molecular weight excluding hydrogens is 1460 g/mol. The summed E-state index contributed by atoms with van der Waals surface area (Å²) in [5.41, 5.74) is 11.0. The molecule has 0 saturated heterocycles. The lowest BCUT2D eigenvalue weighted by molar-refractivity contribution is 1.25. The van der Waals surface area contributed by atoms with E-state index in [4.69, 9.17) is 171 Å². The standard InChI is InChI=1S/C92H41B33/c1-18-26-32-36-38-39-42-47-54-71-73-62(16)64(25-8)65(48-24-7)68(49-31-23-6)78(73)79-69(52-43-30-22-5)66(50-44-35-29-21-4)67(51-45-40-34-28-20-3)70(53-46-41-37-33-27-19-2)80(79)81(71)82-74-59(13)56(10)55(9)58(12)72(74)63(17)77-75(82)60(14)57(11)61(15)76(77)84-87(111-94)86(93)83-85(88(84)115(98)112-95)89(116(99)120(100)101)91(117(113-96)121(102)103)92(118(122(104)105)123(106)107)90(83)119(124(108)109)125(110)114-97/h1-2,4,6,8H,3,5,7,9-17H3. The van der Waals surface area contributed by atoms with Crippen molar-refractivity contribution in [2.24, 2.45) is 0 Å². The van der Waals surface area contributed by atoms with Crippen LogP contribution in [0.4, 0.5) is 0 Å². The number of fused-ring (bicyclic) bond motifs is 6. The second-order valence-corrected chi connectivity index (χ2v) is 28.7. The van der Waals surface area contributed by atoms with Gasteiger partial charge in [-0.15, -0.1) is 49.0 Å². The summed E-state index contributed by atoms with van der Waals surface area (Å²) in [5.74, 6) is 108. The Kier molecular flexibility index (Phi) is 35.0. The smallest absolute Gasteiger partial charge is 0.113 e. The molecule has 40 radical (unpaired) electrons. The molecule has 0 aliphatic rings. The highest BCUT2D eigenvalue weighted by atomic mass is 14.4. The molecule has 0 fully saturated rings. The third-order valence-electron chi connectivity index (χ3n) is 22.1. The van der Waals surface area contributed by atoms with E-state index in [1.807, 2.05) is 34.6 Å². The summed E-state index contributed by atoms with van der Waals surface area (Å²) < 4.78 is 0. The lowest BCUT2D eigenvalue weighted by Crippen LogP contribution is -2.80. The van der Waals surface area contributed by atoms with E-state index in [-0.39, 0.29) is 82.4 Å². The van der Waals surface area contributed by atoms with Crippen LogP contribution in [-0.4, -0.2) is 239 Å². The normalized spacial score (nSPS) is 9.11. The summed E-state index contributed by atoms with van der Waals surface area (Å²) in [5, 5.41) is 4.25. The van der Waals surface area contributed by atoms with Crippen LogP contribution in [0.1, 0.15) is 115 Å². The molecule has 0 heterocycles.